The summed E-state index contributed by atoms with van der Waals surface area (Å²) in [7, 11) is 0. The highest BCUT2D eigenvalue weighted by atomic mass is 79.9. The van der Waals surface area contributed by atoms with Crippen LogP contribution in [0.3, 0.4) is 0 Å². The Hall–Kier alpha value is -2.37. The lowest BCUT2D eigenvalue weighted by molar-refractivity contribution is 0.867. The first-order valence-corrected chi connectivity index (χ1v) is 11.2. The molecule has 3 nitrogen and oxygen atoms in total. The van der Waals surface area contributed by atoms with E-state index in [1.54, 1.807) is 0 Å². The summed E-state index contributed by atoms with van der Waals surface area (Å²) in [5, 5.41) is 0. The maximum Gasteiger partial charge on any atom is 0.338 e. The van der Waals surface area contributed by atoms with Gasteiger partial charge in [-0.25, -0.2) is 4.79 Å². The summed E-state index contributed by atoms with van der Waals surface area (Å²) in [6, 6.07) is 26.1. The van der Waals surface area contributed by atoms with Crippen LogP contribution in [0.2, 0.25) is 0 Å². The van der Waals surface area contributed by atoms with Gasteiger partial charge in [-0.15, -0.1) is 0 Å². The molecule has 5 rings (SSSR count). The lowest BCUT2D eigenvalue weighted by atomic mass is 10.1. The Kier molecular flexibility index (Phi) is 4.80. The van der Waals surface area contributed by atoms with Crippen LogP contribution in [0.5, 0.6) is 0 Å². The topological polar surface area (TPSA) is 26.9 Å². The first-order valence-electron chi connectivity index (χ1n) is 9.58. The smallest absolute Gasteiger partial charge is 0.264 e. The molecule has 0 bridgehead atoms. The van der Waals surface area contributed by atoms with Crippen LogP contribution in [-0.2, 0) is 0 Å². The van der Waals surface area contributed by atoms with Gasteiger partial charge in [0.25, 0.3) is 0 Å². The number of benzene rings is 3. The summed E-state index contributed by atoms with van der Waals surface area (Å²) >= 11 is 7.00. The molecule has 3 aromatic carbocycles. The van der Waals surface area contributed by atoms with Crippen LogP contribution < -0.4 is 5.69 Å². The van der Waals surface area contributed by atoms with Crippen LogP contribution in [0, 0.1) is 0 Å². The third-order valence-electron chi connectivity index (χ3n) is 5.27. The first-order chi connectivity index (χ1) is 14.1. The highest BCUT2D eigenvalue weighted by molar-refractivity contribution is 9.10. The molecule has 1 heterocycles. The van der Waals surface area contributed by atoms with Gasteiger partial charge in [-0.3, -0.25) is 9.13 Å². The molecular weight excluding hydrogens is 492 g/mol. The van der Waals surface area contributed by atoms with Crippen molar-refractivity contribution >= 4 is 31.9 Å². The molecule has 1 aromatic heterocycles. The van der Waals surface area contributed by atoms with Crippen LogP contribution in [0.4, 0.5) is 0 Å². The molecule has 0 spiro atoms. The number of rotatable bonds is 4. The second-order valence-corrected chi connectivity index (χ2v) is 9.11. The Morgan fingerprint density at radius 3 is 1.72 bits per heavy atom. The van der Waals surface area contributed by atoms with E-state index < -0.39 is 0 Å². The largest absolute Gasteiger partial charge is 0.338 e. The zero-order chi connectivity index (χ0) is 20.0. The van der Waals surface area contributed by atoms with Crippen molar-refractivity contribution in [3.05, 3.63) is 104 Å². The van der Waals surface area contributed by atoms with Crippen LogP contribution in [0.25, 0.3) is 22.6 Å². The van der Waals surface area contributed by atoms with Gasteiger partial charge in [0.15, 0.2) is 0 Å². The average molecular weight is 510 g/mol. The zero-order valence-electron chi connectivity index (χ0n) is 15.6. The molecule has 5 heteroatoms. The van der Waals surface area contributed by atoms with Crippen molar-refractivity contribution in [3.63, 3.8) is 0 Å². The number of nitrogens with zero attached hydrogens (tertiary/aromatic N) is 2. The van der Waals surface area contributed by atoms with Crippen molar-refractivity contribution in [1.82, 2.24) is 9.13 Å². The normalized spacial score (nSPS) is 13.6. The van der Waals surface area contributed by atoms with Gasteiger partial charge in [-0.2, -0.15) is 0 Å². The Balaban J connectivity index is 1.86. The molecule has 0 atom stereocenters. The SMILES string of the molecule is O=c1n(-c2ccc(Br)cc2)c(-c2ccccc2)c(C2CC2)n1-c1ccc(Br)cc1. The minimum atomic E-state index is -0.0320. The number of hydrogen-bond donors (Lipinski definition) is 0. The summed E-state index contributed by atoms with van der Waals surface area (Å²) in [4.78, 5) is 13.8. The zero-order valence-corrected chi connectivity index (χ0v) is 18.7. The number of imidazole rings is 1. The van der Waals surface area contributed by atoms with E-state index in [9.17, 15) is 4.79 Å². The number of aromatic nitrogens is 2. The average Bonchev–Trinajstić information content (AvgIpc) is 3.54. The molecule has 4 aromatic rings. The first kappa shape index (κ1) is 18.6. The fourth-order valence-electron chi connectivity index (χ4n) is 3.79. The fourth-order valence-corrected chi connectivity index (χ4v) is 4.32. The van der Waals surface area contributed by atoms with Crippen LogP contribution in [-0.4, -0.2) is 9.13 Å². The van der Waals surface area contributed by atoms with Gasteiger partial charge in [0.1, 0.15) is 0 Å². The van der Waals surface area contributed by atoms with Gasteiger partial charge >= 0.3 is 5.69 Å². The summed E-state index contributed by atoms with van der Waals surface area (Å²) in [5.41, 5.74) is 4.89. The maximum absolute atomic E-state index is 13.8. The standard InChI is InChI=1S/C24H18Br2N2O/c25-18-8-12-20(13-9-18)27-22(16-4-2-1-3-5-16)23(17-6-7-17)28(24(27)29)21-14-10-19(26)11-15-21/h1-5,8-15,17H,6-7H2. The van der Waals surface area contributed by atoms with Gasteiger partial charge in [0.05, 0.1) is 22.8 Å². The van der Waals surface area contributed by atoms with Gasteiger partial charge in [-0.05, 0) is 61.4 Å². The molecule has 1 aliphatic rings. The monoisotopic (exact) mass is 508 g/mol. The lowest BCUT2D eigenvalue weighted by Crippen LogP contribution is -2.23. The molecule has 29 heavy (non-hydrogen) atoms. The van der Waals surface area contributed by atoms with Crippen molar-refractivity contribution in [1.29, 1.82) is 0 Å². The third kappa shape index (κ3) is 3.43. The Bertz CT molecular complexity index is 1220. The highest BCUT2D eigenvalue weighted by Crippen LogP contribution is 2.45. The van der Waals surface area contributed by atoms with Crippen molar-refractivity contribution in [3.8, 4) is 22.6 Å². The molecular formula is C24H18Br2N2O. The van der Waals surface area contributed by atoms with E-state index in [1.807, 2.05) is 75.9 Å². The summed E-state index contributed by atoms with van der Waals surface area (Å²) in [5.74, 6) is 0.401. The predicted octanol–water partition coefficient (Wildman–Crippen LogP) is 6.70. The van der Waals surface area contributed by atoms with E-state index in [0.717, 1.165) is 50.1 Å². The lowest BCUT2D eigenvalue weighted by Gasteiger charge is -2.11. The van der Waals surface area contributed by atoms with Crippen molar-refractivity contribution in [2.24, 2.45) is 0 Å². The molecule has 0 N–H and O–H groups in total. The molecule has 0 aliphatic heterocycles. The molecule has 0 saturated heterocycles. The number of halogens is 2. The Morgan fingerprint density at radius 2 is 1.21 bits per heavy atom. The fraction of sp³-hybridized carbons (Fsp3) is 0.125. The molecule has 0 radical (unpaired) electrons. The van der Waals surface area contributed by atoms with E-state index in [0.29, 0.717) is 5.92 Å². The van der Waals surface area contributed by atoms with E-state index >= 15 is 0 Å². The maximum atomic E-state index is 13.8. The molecule has 0 unspecified atom stereocenters. The predicted molar refractivity (Wildman–Crippen MR) is 124 cm³/mol. The summed E-state index contributed by atoms with van der Waals surface area (Å²) in [6.07, 6.45) is 2.22. The van der Waals surface area contributed by atoms with Crippen LogP contribution >= 0.6 is 31.9 Å². The van der Waals surface area contributed by atoms with E-state index in [1.165, 1.54) is 0 Å². The van der Waals surface area contributed by atoms with Gasteiger partial charge in [0.2, 0.25) is 0 Å². The highest BCUT2D eigenvalue weighted by Gasteiger charge is 2.34. The molecule has 1 saturated carbocycles. The van der Waals surface area contributed by atoms with Crippen molar-refractivity contribution in [2.45, 2.75) is 18.8 Å². The second-order valence-electron chi connectivity index (χ2n) is 7.28. The second kappa shape index (κ2) is 7.47. The summed E-state index contributed by atoms with van der Waals surface area (Å²) in [6.45, 7) is 0. The quantitative estimate of drug-likeness (QED) is 0.300. The van der Waals surface area contributed by atoms with Gasteiger partial charge < -0.3 is 0 Å². The van der Waals surface area contributed by atoms with Crippen molar-refractivity contribution in [2.75, 3.05) is 0 Å². The number of hydrogen-bond acceptors (Lipinski definition) is 1. The van der Waals surface area contributed by atoms with E-state index in [-0.39, 0.29) is 5.69 Å². The molecule has 0 amide bonds. The third-order valence-corrected chi connectivity index (χ3v) is 6.33. The van der Waals surface area contributed by atoms with E-state index in [4.69, 9.17) is 0 Å². The van der Waals surface area contributed by atoms with Crippen molar-refractivity contribution < 1.29 is 0 Å². The molecule has 1 aliphatic carbocycles. The molecule has 144 valence electrons. The minimum absolute atomic E-state index is 0.0320. The van der Waals surface area contributed by atoms with Gasteiger partial charge in [-0.1, -0.05) is 62.2 Å². The van der Waals surface area contributed by atoms with Crippen LogP contribution in [0.1, 0.15) is 24.5 Å². The van der Waals surface area contributed by atoms with E-state index in [2.05, 4.69) is 44.0 Å². The molecule has 1 fully saturated rings. The van der Waals surface area contributed by atoms with Crippen LogP contribution in [0.15, 0.2) is 92.6 Å². The minimum Gasteiger partial charge on any atom is -0.264 e. The van der Waals surface area contributed by atoms with Gasteiger partial charge in [0, 0.05) is 20.4 Å². The summed E-state index contributed by atoms with van der Waals surface area (Å²) < 4.78 is 5.74. The Morgan fingerprint density at radius 1 is 0.690 bits per heavy atom. The Labute approximate surface area is 185 Å².